The minimum Gasteiger partial charge on any atom is -1.00 e. The summed E-state index contributed by atoms with van der Waals surface area (Å²) >= 11 is -2.61. The summed E-state index contributed by atoms with van der Waals surface area (Å²) in [6.45, 7) is 1.83. The number of carboxylic acids is 1. The first-order valence-electron chi connectivity index (χ1n) is 2.83. The predicted octanol–water partition coefficient (Wildman–Crippen LogP) is 0.729. The van der Waals surface area contributed by atoms with E-state index < -0.39 is 17.3 Å². The molecule has 0 radical (unpaired) electrons. The molecule has 0 atom stereocenters. The van der Waals surface area contributed by atoms with E-state index in [1.54, 1.807) is 12.2 Å². The fraction of sp³-hybridized carbons (Fsp3) is 0.167. The van der Waals surface area contributed by atoms with Crippen molar-refractivity contribution in [2.24, 2.45) is 0 Å². The van der Waals surface area contributed by atoms with Crippen LogP contribution in [0.4, 0.5) is 0 Å². The molecular formula is C6H12CaO5S. The standard InChI is InChI=1S/C6H8O2.Ca.H2O3S.2H/c1-2-3-4-5-6(7)8;;1-4(2)3;;/h2-5H,1H3,(H,7,8);;(H2,1,2,3);;/q;+2;;2*-1/b3-2+,5-4+;;;;. The van der Waals surface area contributed by atoms with Gasteiger partial charge in [-0.1, -0.05) is 18.2 Å². The van der Waals surface area contributed by atoms with Crippen molar-refractivity contribution in [2.75, 3.05) is 0 Å². The molecule has 0 rings (SSSR count). The molecule has 0 aromatic carbocycles. The van der Waals surface area contributed by atoms with Gasteiger partial charge >= 0.3 is 43.7 Å². The van der Waals surface area contributed by atoms with Crippen molar-refractivity contribution in [1.29, 1.82) is 0 Å². The Labute approximate surface area is 112 Å². The van der Waals surface area contributed by atoms with Gasteiger partial charge < -0.3 is 7.96 Å². The molecule has 13 heavy (non-hydrogen) atoms. The van der Waals surface area contributed by atoms with Crippen LogP contribution in [0.2, 0.25) is 0 Å². The molecule has 0 fully saturated rings. The van der Waals surface area contributed by atoms with Gasteiger partial charge in [-0.15, -0.1) is 0 Å². The largest absolute Gasteiger partial charge is 2.00 e. The van der Waals surface area contributed by atoms with Crippen molar-refractivity contribution >= 4 is 55.1 Å². The van der Waals surface area contributed by atoms with E-state index in [2.05, 4.69) is 0 Å². The molecule has 0 aromatic rings. The molecule has 0 bridgehead atoms. The number of rotatable bonds is 2. The second kappa shape index (κ2) is 14.8. The Morgan fingerprint density at radius 1 is 1.38 bits per heavy atom. The third kappa shape index (κ3) is 46.6. The van der Waals surface area contributed by atoms with Crippen molar-refractivity contribution in [1.82, 2.24) is 0 Å². The van der Waals surface area contributed by atoms with Gasteiger partial charge in [0.05, 0.1) is 0 Å². The minimum absolute atomic E-state index is 0. The van der Waals surface area contributed by atoms with Crippen LogP contribution < -0.4 is 0 Å². The quantitative estimate of drug-likeness (QED) is 0.284. The van der Waals surface area contributed by atoms with Crippen molar-refractivity contribution < 1.29 is 26.1 Å². The zero-order chi connectivity index (χ0) is 9.98. The Balaban J connectivity index is -0.0000000424. The van der Waals surface area contributed by atoms with Crippen molar-refractivity contribution in [2.45, 2.75) is 6.92 Å². The summed E-state index contributed by atoms with van der Waals surface area (Å²) in [7, 11) is 0. The van der Waals surface area contributed by atoms with E-state index in [-0.39, 0.29) is 40.6 Å². The van der Waals surface area contributed by atoms with Gasteiger partial charge in [-0.2, -0.15) is 4.21 Å². The number of carbonyl (C=O) groups is 1. The summed E-state index contributed by atoms with van der Waals surface area (Å²) in [5.74, 6) is -0.914. The monoisotopic (exact) mass is 236 g/mol. The molecule has 7 heteroatoms. The van der Waals surface area contributed by atoms with Crippen LogP contribution in [0.3, 0.4) is 0 Å². The minimum atomic E-state index is -2.61. The summed E-state index contributed by atoms with van der Waals surface area (Å²) in [4.78, 5) is 9.75. The van der Waals surface area contributed by atoms with E-state index in [0.717, 1.165) is 6.08 Å². The predicted molar refractivity (Wildman–Crippen MR) is 53.0 cm³/mol. The maximum Gasteiger partial charge on any atom is 2.00 e. The van der Waals surface area contributed by atoms with Gasteiger partial charge in [-0.25, -0.2) is 4.79 Å². The normalized spacial score (nSPS) is 9.54. The molecule has 0 heterocycles. The van der Waals surface area contributed by atoms with Crippen molar-refractivity contribution in [3.8, 4) is 0 Å². The van der Waals surface area contributed by atoms with Gasteiger partial charge in [0.15, 0.2) is 0 Å². The number of carboxylic acid groups (broad SMARTS) is 1. The van der Waals surface area contributed by atoms with Crippen LogP contribution in [0.25, 0.3) is 0 Å². The topological polar surface area (TPSA) is 94.8 Å². The van der Waals surface area contributed by atoms with E-state index >= 15 is 0 Å². The summed E-state index contributed by atoms with van der Waals surface area (Å²) in [5.41, 5.74) is 0. The van der Waals surface area contributed by atoms with Crippen LogP contribution in [0.5, 0.6) is 0 Å². The molecule has 0 aliphatic rings. The van der Waals surface area contributed by atoms with Gasteiger partial charge in [-0.3, -0.25) is 9.11 Å². The Hall–Kier alpha value is 0.280. The van der Waals surface area contributed by atoms with Gasteiger partial charge in [0.1, 0.15) is 0 Å². The molecule has 0 aliphatic heterocycles. The van der Waals surface area contributed by atoms with Crippen molar-refractivity contribution in [3.63, 3.8) is 0 Å². The summed E-state index contributed by atoms with van der Waals surface area (Å²) in [6.07, 6.45) is 5.98. The van der Waals surface area contributed by atoms with Crippen LogP contribution in [0.15, 0.2) is 24.3 Å². The Morgan fingerprint density at radius 3 is 2.00 bits per heavy atom. The van der Waals surface area contributed by atoms with Gasteiger partial charge in [0, 0.05) is 6.08 Å². The number of aliphatic carboxylic acids is 1. The molecule has 0 aromatic heterocycles. The SMILES string of the molecule is C/C=C/C=C/C(=O)O.O=S(O)O.[Ca+2].[H-].[H-]. The van der Waals surface area contributed by atoms with Crippen LogP contribution >= 0.6 is 0 Å². The molecule has 0 unspecified atom stereocenters. The fourth-order valence-corrected chi connectivity index (χ4v) is 0.249. The van der Waals surface area contributed by atoms with E-state index in [1.807, 2.05) is 6.92 Å². The van der Waals surface area contributed by atoms with E-state index in [1.165, 1.54) is 6.08 Å². The molecule has 3 N–H and O–H groups in total. The third-order valence-electron chi connectivity index (χ3n) is 0.542. The summed E-state index contributed by atoms with van der Waals surface area (Å²) < 4.78 is 22.8. The Kier molecular flexibility index (Phi) is 21.6. The molecular weight excluding hydrogens is 224 g/mol. The van der Waals surface area contributed by atoms with E-state index in [9.17, 15) is 4.79 Å². The number of allylic oxidation sites excluding steroid dienone is 3. The molecule has 74 valence electrons. The first-order valence-corrected chi connectivity index (χ1v) is 3.89. The first-order chi connectivity index (χ1) is 5.50. The number of hydrogen-bond acceptors (Lipinski definition) is 2. The molecule has 0 saturated carbocycles. The zero-order valence-electron chi connectivity index (χ0n) is 9.08. The molecule has 5 nitrogen and oxygen atoms in total. The Morgan fingerprint density at radius 2 is 1.77 bits per heavy atom. The maximum absolute atomic E-state index is 9.75. The molecule has 0 amide bonds. The molecule has 0 aliphatic carbocycles. The summed E-state index contributed by atoms with van der Waals surface area (Å²) in [6, 6.07) is 0. The van der Waals surface area contributed by atoms with Crippen LogP contribution in [0, 0.1) is 0 Å². The molecule has 0 saturated heterocycles. The van der Waals surface area contributed by atoms with Crippen LogP contribution in [-0.4, -0.2) is 62.1 Å². The maximum atomic E-state index is 9.75. The average Bonchev–Trinajstić information content (AvgIpc) is 1.86. The zero-order valence-corrected chi connectivity index (χ0v) is 10.1. The smallest absolute Gasteiger partial charge is 1.00 e. The second-order valence-corrected chi connectivity index (χ2v) is 1.92. The molecule has 0 spiro atoms. The van der Waals surface area contributed by atoms with Crippen molar-refractivity contribution in [3.05, 3.63) is 24.3 Å². The van der Waals surface area contributed by atoms with E-state index in [4.69, 9.17) is 18.4 Å². The Bertz CT molecular complexity index is 206. The number of hydrogen-bond donors (Lipinski definition) is 3. The van der Waals surface area contributed by atoms with E-state index in [0.29, 0.717) is 0 Å². The van der Waals surface area contributed by atoms with Gasteiger partial charge in [0.25, 0.3) is 11.4 Å². The van der Waals surface area contributed by atoms with Gasteiger partial charge in [0.2, 0.25) is 0 Å². The van der Waals surface area contributed by atoms with Crippen LogP contribution in [0.1, 0.15) is 9.78 Å². The third-order valence-corrected chi connectivity index (χ3v) is 0.542. The fourth-order valence-electron chi connectivity index (χ4n) is 0.249. The van der Waals surface area contributed by atoms with Crippen LogP contribution in [-0.2, 0) is 16.2 Å². The summed E-state index contributed by atoms with van der Waals surface area (Å²) in [5, 5.41) is 8.02. The average molecular weight is 236 g/mol. The first kappa shape index (κ1) is 18.9. The second-order valence-electron chi connectivity index (χ2n) is 1.45. The van der Waals surface area contributed by atoms with Gasteiger partial charge in [-0.05, 0) is 6.92 Å².